The van der Waals surface area contributed by atoms with E-state index in [0.717, 1.165) is 12.8 Å². The molecule has 1 N–H and O–H groups in total. The number of nitrogens with zero attached hydrogens (tertiary/aromatic N) is 2. The predicted octanol–water partition coefficient (Wildman–Crippen LogP) is 0.564. The molecule has 2 heterocycles. The molecule has 1 aliphatic carbocycles. The molecule has 0 bridgehead atoms. The monoisotopic (exact) mass is 359 g/mol. The minimum absolute atomic E-state index is 0.147. The molecule has 0 spiro atoms. The highest BCUT2D eigenvalue weighted by Gasteiger charge is 2.41. The van der Waals surface area contributed by atoms with Gasteiger partial charge in [-0.15, -0.1) is 0 Å². The SMILES string of the molecule is O=S(=O)(NCC1CCN(S(=O)(=O)C2CC2)CC1)c1cccnc1. The lowest BCUT2D eigenvalue weighted by molar-refractivity contribution is 0.274. The quantitative estimate of drug-likeness (QED) is 0.801. The maximum Gasteiger partial charge on any atom is 0.242 e. The second kappa shape index (κ2) is 6.46. The first-order chi connectivity index (χ1) is 10.9. The summed E-state index contributed by atoms with van der Waals surface area (Å²) in [4.78, 5) is 3.96. The summed E-state index contributed by atoms with van der Waals surface area (Å²) in [6, 6.07) is 3.08. The number of rotatable bonds is 6. The molecule has 3 rings (SSSR count). The Morgan fingerprint density at radius 3 is 2.39 bits per heavy atom. The van der Waals surface area contributed by atoms with Crippen LogP contribution in [-0.2, 0) is 20.0 Å². The molecule has 2 aliphatic rings. The zero-order chi connectivity index (χ0) is 16.5. The van der Waals surface area contributed by atoms with Crippen molar-refractivity contribution in [3.63, 3.8) is 0 Å². The van der Waals surface area contributed by atoms with Crippen molar-refractivity contribution in [1.29, 1.82) is 0 Å². The molecule has 0 amide bonds. The highest BCUT2D eigenvalue weighted by Crippen LogP contribution is 2.33. The molecule has 1 saturated carbocycles. The molecule has 0 aromatic carbocycles. The van der Waals surface area contributed by atoms with E-state index in [1.54, 1.807) is 10.4 Å². The minimum Gasteiger partial charge on any atom is -0.263 e. The Morgan fingerprint density at radius 2 is 1.83 bits per heavy atom. The van der Waals surface area contributed by atoms with Crippen molar-refractivity contribution in [2.45, 2.75) is 35.8 Å². The van der Waals surface area contributed by atoms with Crippen LogP contribution >= 0.6 is 0 Å². The van der Waals surface area contributed by atoms with Gasteiger partial charge in [0, 0.05) is 32.0 Å². The van der Waals surface area contributed by atoms with Crippen LogP contribution in [0.15, 0.2) is 29.4 Å². The summed E-state index contributed by atoms with van der Waals surface area (Å²) in [5, 5.41) is -0.178. The van der Waals surface area contributed by atoms with Crippen LogP contribution in [0.2, 0.25) is 0 Å². The Labute approximate surface area is 137 Å². The highest BCUT2D eigenvalue weighted by atomic mass is 32.2. The molecule has 0 unspecified atom stereocenters. The van der Waals surface area contributed by atoms with Crippen LogP contribution < -0.4 is 4.72 Å². The maximum absolute atomic E-state index is 12.2. The van der Waals surface area contributed by atoms with Crippen LogP contribution in [-0.4, -0.2) is 51.0 Å². The fraction of sp³-hybridized carbons (Fsp3) is 0.643. The van der Waals surface area contributed by atoms with Crippen LogP contribution in [0.3, 0.4) is 0 Å². The molecule has 1 aromatic rings. The summed E-state index contributed by atoms with van der Waals surface area (Å²) in [5.41, 5.74) is 0. The largest absolute Gasteiger partial charge is 0.263 e. The van der Waals surface area contributed by atoms with Crippen molar-refractivity contribution in [2.75, 3.05) is 19.6 Å². The average Bonchev–Trinajstić information content (AvgIpc) is 3.40. The van der Waals surface area contributed by atoms with Crippen molar-refractivity contribution >= 4 is 20.0 Å². The summed E-state index contributed by atoms with van der Waals surface area (Å²) in [6.45, 7) is 1.30. The summed E-state index contributed by atoms with van der Waals surface area (Å²) in [6.07, 6.45) is 5.74. The van der Waals surface area contributed by atoms with Gasteiger partial charge in [0.2, 0.25) is 20.0 Å². The van der Waals surface area contributed by atoms with E-state index in [1.807, 2.05) is 0 Å². The van der Waals surface area contributed by atoms with Gasteiger partial charge < -0.3 is 0 Å². The second-order valence-corrected chi connectivity index (χ2v) is 10.1. The van der Waals surface area contributed by atoms with E-state index in [4.69, 9.17) is 0 Å². The maximum atomic E-state index is 12.2. The van der Waals surface area contributed by atoms with Gasteiger partial charge in [0.25, 0.3) is 0 Å². The summed E-state index contributed by atoms with van der Waals surface area (Å²) in [5.74, 6) is 0.159. The van der Waals surface area contributed by atoms with Crippen LogP contribution in [0.1, 0.15) is 25.7 Å². The topological polar surface area (TPSA) is 96.4 Å². The van der Waals surface area contributed by atoms with E-state index in [0.29, 0.717) is 32.5 Å². The van der Waals surface area contributed by atoms with Gasteiger partial charge in [-0.3, -0.25) is 4.98 Å². The van der Waals surface area contributed by atoms with Gasteiger partial charge in [-0.2, -0.15) is 0 Å². The molecule has 23 heavy (non-hydrogen) atoms. The summed E-state index contributed by atoms with van der Waals surface area (Å²) < 4.78 is 52.8. The molecule has 2 fully saturated rings. The van der Waals surface area contributed by atoms with Crippen molar-refractivity contribution < 1.29 is 16.8 Å². The van der Waals surface area contributed by atoms with Crippen molar-refractivity contribution in [3.8, 4) is 0 Å². The van der Waals surface area contributed by atoms with E-state index in [2.05, 4.69) is 9.71 Å². The fourth-order valence-corrected chi connectivity index (χ4v) is 5.71. The second-order valence-electron chi connectivity index (χ2n) is 6.13. The molecular weight excluding hydrogens is 338 g/mol. The zero-order valence-electron chi connectivity index (χ0n) is 12.8. The van der Waals surface area contributed by atoms with Crippen LogP contribution in [0, 0.1) is 5.92 Å². The summed E-state index contributed by atoms with van der Waals surface area (Å²) >= 11 is 0. The number of hydrogen-bond acceptors (Lipinski definition) is 5. The third kappa shape index (κ3) is 3.90. The van der Waals surface area contributed by atoms with Gasteiger partial charge in [0.15, 0.2) is 0 Å². The van der Waals surface area contributed by atoms with Crippen molar-refractivity contribution in [1.82, 2.24) is 14.0 Å². The van der Waals surface area contributed by atoms with Crippen molar-refractivity contribution in [2.24, 2.45) is 5.92 Å². The number of aromatic nitrogens is 1. The van der Waals surface area contributed by atoms with Gasteiger partial charge in [-0.1, -0.05) is 0 Å². The lowest BCUT2D eigenvalue weighted by Gasteiger charge is -2.31. The molecule has 128 valence electrons. The minimum atomic E-state index is -3.55. The number of hydrogen-bond donors (Lipinski definition) is 1. The molecule has 1 saturated heterocycles. The number of pyridine rings is 1. The van der Waals surface area contributed by atoms with Crippen LogP contribution in [0.25, 0.3) is 0 Å². The van der Waals surface area contributed by atoms with Crippen molar-refractivity contribution in [3.05, 3.63) is 24.5 Å². The highest BCUT2D eigenvalue weighted by molar-refractivity contribution is 7.90. The van der Waals surface area contributed by atoms with E-state index < -0.39 is 20.0 Å². The number of sulfonamides is 2. The Bertz CT molecular complexity index is 737. The van der Waals surface area contributed by atoms with Gasteiger partial charge in [-0.25, -0.2) is 25.9 Å². The van der Waals surface area contributed by atoms with Gasteiger partial charge in [0.1, 0.15) is 4.90 Å². The van der Waals surface area contributed by atoms with E-state index in [1.165, 1.54) is 18.5 Å². The zero-order valence-corrected chi connectivity index (χ0v) is 14.4. The normalized spacial score (nSPS) is 21.4. The van der Waals surface area contributed by atoms with Gasteiger partial charge in [0.05, 0.1) is 5.25 Å². The first-order valence-corrected chi connectivity index (χ1v) is 10.8. The van der Waals surface area contributed by atoms with E-state index in [9.17, 15) is 16.8 Å². The van der Waals surface area contributed by atoms with Gasteiger partial charge >= 0.3 is 0 Å². The van der Waals surface area contributed by atoms with E-state index in [-0.39, 0.29) is 16.1 Å². The van der Waals surface area contributed by atoms with Crippen LogP contribution in [0.5, 0.6) is 0 Å². The van der Waals surface area contributed by atoms with E-state index >= 15 is 0 Å². The molecule has 1 aromatic heterocycles. The third-order valence-corrected chi connectivity index (χ3v) is 8.19. The first kappa shape index (κ1) is 16.8. The Morgan fingerprint density at radius 1 is 1.13 bits per heavy atom. The van der Waals surface area contributed by atoms with Crippen LogP contribution in [0.4, 0.5) is 0 Å². The standard InChI is InChI=1S/C14H21N3O4S2/c18-22(19,14-2-1-7-15-11-14)16-10-12-5-8-17(9-6-12)23(20,21)13-3-4-13/h1-2,7,11-13,16H,3-6,8-10H2. The molecule has 0 radical (unpaired) electrons. The first-order valence-electron chi connectivity index (χ1n) is 7.78. The summed E-state index contributed by atoms with van der Waals surface area (Å²) in [7, 11) is -6.66. The molecule has 0 atom stereocenters. The number of nitrogens with one attached hydrogen (secondary N) is 1. The Hall–Kier alpha value is -1.03. The molecule has 7 nitrogen and oxygen atoms in total. The molecule has 1 aliphatic heterocycles. The predicted molar refractivity (Wildman–Crippen MR) is 85.7 cm³/mol. The lowest BCUT2D eigenvalue weighted by Crippen LogP contribution is -2.42. The average molecular weight is 359 g/mol. The number of piperidine rings is 1. The van der Waals surface area contributed by atoms with Gasteiger partial charge in [-0.05, 0) is 43.7 Å². The smallest absolute Gasteiger partial charge is 0.242 e. The third-order valence-electron chi connectivity index (χ3n) is 4.39. The Kier molecular flexibility index (Phi) is 4.73. The molecular formula is C14H21N3O4S2. The fourth-order valence-electron chi connectivity index (χ4n) is 2.76. The lowest BCUT2D eigenvalue weighted by atomic mass is 9.99. The Balaban J connectivity index is 1.51. The molecule has 9 heteroatoms.